The van der Waals surface area contributed by atoms with Crippen LogP contribution in [0.4, 0.5) is 0 Å². The van der Waals surface area contributed by atoms with Gasteiger partial charge in [0.2, 0.25) is 0 Å². The molecule has 0 bridgehead atoms. The van der Waals surface area contributed by atoms with Gasteiger partial charge in [-0.3, -0.25) is 4.79 Å². The van der Waals surface area contributed by atoms with Crippen molar-refractivity contribution in [2.24, 2.45) is 0 Å². The van der Waals surface area contributed by atoms with E-state index in [0.717, 1.165) is 10.9 Å². The van der Waals surface area contributed by atoms with Gasteiger partial charge in [0.05, 0.1) is 13.0 Å². The Balaban J connectivity index is 2.05. The minimum absolute atomic E-state index is 0.253. The molecule has 0 amide bonds. The summed E-state index contributed by atoms with van der Waals surface area (Å²) in [4.78, 5) is 23.7. The van der Waals surface area contributed by atoms with Crippen molar-refractivity contribution in [2.75, 3.05) is 6.61 Å². The van der Waals surface area contributed by atoms with Gasteiger partial charge in [0.15, 0.2) is 0 Å². The minimum Gasteiger partial charge on any atom is -0.462 e. The van der Waals surface area contributed by atoms with Crippen LogP contribution in [0.15, 0.2) is 35.2 Å². The Labute approximate surface area is 136 Å². The summed E-state index contributed by atoms with van der Waals surface area (Å²) >= 11 is 1.26. The fourth-order valence-corrected chi connectivity index (χ4v) is 3.92. The summed E-state index contributed by atoms with van der Waals surface area (Å²) in [6, 6.07) is 10.4. The lowest BCUT2D eigenvalue weighted by Gasteiger charge is -2.25. The molecule has 1 heterocycles. The van der Waals surface area contributed by atoms with Crippen LogP contribution in [0, 0.1) is 0 Å². The zero-order valence-electron chi connectivity index (χ0n) is 13.3. The molecule has 1 aliphatic rings. The highest BCUT2D eigenvalue weighted by atomic mass is 32.2. The van der Waals surface area contributed by atoms with Crippen LogP contribution in [0.1, 0.15) is 12.8 Å². The first-order chi connectivity index (χ1) is 10.3. The molecule has 2 rings (SSSR count). The second kappa shape index (κ2) is 6.87. The molecule has 6 heteroatoms. The predicted molar refractivity (Wildman–Crippen MR) is 89.5 cm³/mol. The van der Waals surface area contributed by atoms with Gasteiger partial charge in [0, 0.05) is 19.4 Å². The van der Waals surface area contributed by atoms with Crippen molar-refractivity contribution >= 4 is 31.8 Å². The molecule has 0 aliphatic carbocycles. The van der Waals surface area contributed by atoms with Crippen LogP contribution in [0.25, 0.3) is 0 Å². The first-order valence-electron chi connectivity index (χ1n) is 7.44. The zero-order chi connectivity index (χ0) is 16.2. The van der Waals surface area contributed by atoms with E-state index in [-0.39, 0.29) is 12.4 Å². The maximum absolute atomic E-state index is 12.5. The summed E-state index contributed by atoms with van der Waals surface area (Å²) in [5, 5.41) is 0. The van der Waals surface area contributed by atoms with Gasteiger partial charge in [0.25, 0.3) is 4.93 Å². The molecule has 1 fully saturated rings. The standard InChI is InChI=1S/C16H22O4SSi/c1-22(2,3)12-11-19-15(18)16(10-9-14(17)20-16)21-13-7-5-4-6-8-13/h4-8H,9-12H2,1-3H3. The highest BCUT2D eigenvalue weighted by Gasteiger charge is 2.50. The van der Waals surface area contributed by atoms with E-state index >= 15 is 0 Å². The van der Waals surface area contributed by atoms with E-state index in [0.29, 0.717) is 13.0 Å². The molecular formula is C16H22O4SSi. The summed E-state index contributed by atoms with van der Waals surface area (Å²) in [5.74, 6) is -0.781. The van der Waals surface area contributed by atoms with Gasteiger partial charge in [-0.2, -0.15) is 0 Å². The molecule has 22 heavy (non-hydrogen) atoms. The molecule has 1 unspecified atom stereocenters. The van der Waals surface area contributed by atoms with Crippen LogP contribution in [0.3, 0.4) is 0 Å². The van der Waals surface area contributed by atoms with Gasteiger partial charge in [-0.05, 0) is 18.2 Å². The summed E-state index contributed by atoms with van der Waals surface area (Å²) in [5.41, 5.74) is 0. The average Bonchev–Trinajstić information content (AvgIpc) is 2.81. The molecular weight excluding hydrogens is 316 g/mol. The number of ether oxygens (including phenoxy) is 2. The first-order valence-corrected chi connectivity index (χ1v) is 12.0. The number of benzene rings is 1. The summed E-state index contributed by atoms with van der Waals surface area (Å²) in [6.45, 7) is 7.07. The minimum atomic E-state index is -1.27. The SMILES string of the molecule is C[Si](C)(C)CCOC(=O)C1(Sc2ccccc2)CCC(=O)O1. The lowest BCUT2D eigenvalue weighted by atomic mass is 10.2. The van der Waals surface area contributed by atoms with Crippen LogP contribution >= 0.6 is 11.8 Å². The van der Waals surface area contributed by atoms with Crippen molar-refractivity contribution in [3.05, 3.63) is 30.3 Å². The molecule has 1 saturated heterocycles. The highest BCUT2D eigenvalue weighted by molar-refractivity contribution is 8.01. The Hall–Kier alpha value is -1.27. The fraction of sp³-hybridized carbons (Fsp3) is 0.500. The predicted octanol–water partition coefficient (Wildman–Crippen LogP) is 3.69. The molecule has 1 atom stereocenters. The van der Waals surface area contributed by atoms with Crippen LogP contribution in [0.5, 0.6) is 0 Å². The van der Waals surface area contributed by atoms with Crippen LogP contribution in [-0.2, 0) is 19.1 Å². The van der Waals surface area contributed by atoms with Crippen molar-refractivity contribution in [2.45, 2.75) is 48.4 Å². The van der Waals surface area contributed by atoms with E-state index in [9.17, 15) is 9.59 Å². The lowest BCUT2D eigenvalue weighted by Crippen LogP contribution is -2.37. The summed E-state index contributed by atoms with van der Waals surface area (Å²) in [6.07, 6.45) is 0.611. The van der Waals surface area contributed by atoms with Gasteiger partial charge in [-0.15, -0.1) is 0 Å². The lowest BCUT2D eigenvalue weighted by molar-refractivity contribution is -0.164. The quantitative estimate of drug-likeness (QED) is 0.585. The number of thioether (sulfide) groups is 1. The third kappa shape index (κ3) is 4.61. The van der Waals surface area contributed by atoms with Gasteiger partial charge >= 0.3 is 11.9 Å². The van der Waals surface area contributed by atoms with Crippen molar-refractivity contribution < 1.29 is 19.1 Å². The van der Waals surface area contributed by atoms with Crippen molar-refractivity contribution in [3.8, 4) is 0 Å². The number of carbonyl (C=O) groups is 2. The summed E-state index contributed by atoms with van der Waals surface area (Å²) in [7, 11) is -1.27. The Kier molecular flexibility index (Phi) is 5.34. The topological polar surface area (TPSA) is 52.6 Å². The molecule has 1 aliphatic heterocycles. The first kappa shape index (κ1) is 17.1. The molecule has 120 valence electrons. The molecule has 1 aromatic carbocycles. The van der Waals surface area contributed by atoms with E-state index in [1.54, 1.807) is 0 Å². The average molecular weight is 339 g/mol. The van der Waals surface area contributed by atoms with Gasteiger partial charge in [-0.1, -0.05) is 49.6 Å². The van der Waals surface area contributed by atoms with E-state index < -0.39 is 19.0 Å². The maximum Gasteiger partial charge on any atom is 0.361 e. The molecule has 0 spiro atoms. The molecule has 4 nitrogen and oxygen atoms in total. The highest BCUT2D eigenvalue weighted by Crippen LogP contribution is 2.43. The Bertz CT molecular complexity index is 541. The van der Waals surface area contributed by atoms with Crippen LogP contribution in [0.2, 0.25) is 25.7 Å². The number of hydrogen-bond acceptors (Lipinski definition) is 5. The van der Waals surface area contributed by atoms with Gasteiger partial charge in [-0.25, -0.2) is 4.79 Å². The number of hydrogen-bond donors (Lipinski definition) is 0. The van der Waals surface area contributed by atoms with Crippen molar-refractivity contribution in [1.82, 2.24) is 0 Å². The Morgan fingerprint density at radius 1 is 1.32 bits per heavy atom. The second-order valence-corrected chi connectivity index (χ2v) is 13.5. The maximum atomic E-state index is 12.5. The molecule has 0 N–H and O–H groups in total. The van der Waals surface area contributed by atoms with Crippen LogP contribution in [-0.4, -0.2) is 31.6 Å². The third-order valence-corrected chi connectivity index (χ3v) is 6.35. The second-order valence-electron chi connectivity index (χ2n) is 6.59. The molecule has 1 aromatic rings. The molecule has 0 aromatic heterocycles. The van der Waals surface area contributed by atoms with Gasteiger partial charge in [0.1, 0.15) is 0 Å². The Morgan fingerprint density at radius 3 is 2.55 bits per heavy atom. The molecule has 0 radical (unpaired) electrons. The Morgan fingerprint density at radius 2 is 2.00 bits per heavy atom. The van der Waals surface area contributed by atoms with Gasteiger partial charge < -0.3 is 9.47 Å². The number of esters is 2. The normalized spacial score (nSPS) is 21.5. The smallest absolute Gasteiger partial charge is 0.361 e. The third-order valence-electron chi connectivity index (χ3n) is 3.36. The zero-order valence-corrected chi connectivity index (χ0v) is 15.1. The van der Waals surface area contributed by atoms with Crippen LogP contribution < -0.4 is 0 Å². The van der Waals surface area contributed by atoms with E-state index in [4.69, 9.17) is 9.47 Å². The van der Waals surface area contributed by atoms with Crippen molar-refractivity contribution in [1.29, 1.82) is 0 Å². The number of cyclic esters (lactones) is 1. The number of carbonyl (C=O) groups excluding carboxylic acids is 2. The monoisotopic (exact) mass is 338 g/mol. The fourth-order valence-electron chi connectivity index (χ4n) is 2.05. The van der Waals surface area contributed by atoms with E-state index in [1.165, 1.54) is 11.8 Å². The van der Waals surface area contributed by atoms with E-state index in [2.05, 4.69) is 19.6 Å². The van der Waals surface area contributed by atoms with E-state index in [1.807, 2.05) is 30.3 Å². The molecule has 0 saturated carbocycles. The largest absolute Gasteiger partial charge is 0.462 e. The number of rotatable bonds is 6. The summed E-state index contributed by atoms with van der Waals surface area (Å²) < 4.78 is 10.8. The van der Waals surface area contributed by atoms with Crippen molar-refractivity contribution in [3.63, 3.8) is 0 Å².